The Morgan fingerprint density at radius 1 is 1.31 bits per heavy atom. The molecule has 0 aliphatic carbocycles. The van der Waals surface area contributed by atoms with Gasteiger partial charge in [0.2, 0.25) is 5.91 Å². The summed E-state index contributed by atoms with van der Waals surface area (Å²) < 4.78 is 0. The number of nitrogens with zero attached hydrogens (tertiary/aromatic N) is 2. The molecule has 26 heavy (non-hydrogen) atoms. The highest BCUT2D eigenvalue weighted by molar-refractivity contribution is 7.15. The Morgan fingerprint density at radius 2 is 2.04 bits per heavy atom. The number of hydrogen-bond donors (Lipinski definition) is 1. The molecule has 0 aliphatic rings. The molecule has 0 bridgehead atoms. The third-order valence-electron chi connectivity index (χ3n) is 3.86. The van der Waals surface area contributed by atoms with E-state index in [1.165, 1.54) is 21.8 Å². The zero-order chi connectivity index (χ0) is 18.9. The SMILES string of the molecule is C=CCN(CC(=O)Nc1ncc(C)s1)C(=O)c1ccc(CCCC)cc1. The van der Waals surface area contributed by atoms with Crippen LogP contribution in [0, 0.1) is 6.92 Å². The van der Waals surface area contributed by atoms with E-state index in [-0.39, 0.29) is 18.4 Å². The van der Waals surface area contributed by atoms with Crippen LogP contribution in [0.15, 0.2) is 43.1 Å². The van der Waals surface area contributed by atoms with Crippen molar-refractivity contribution in [1.29, 1.82) is 0 Å². The number of aromatic nitrogens is 1. The number of unbranched alkanes of at least 4 members (excludes halogenated alkanes) is 1. The molecule has 0 saturated heterocycles. The van der Waals surface area contributed by atoms with Gasteiger partial charge in [-0.2, -0.15) is 0 Å². The molecule has 2 amide bonds. The van der Waals surface area contributed by atoms with Gasteiger partial charge in [0.05, 0.1) is 0 Å². The molecule has 1 aromatic heterocycles. The molecule has 0 saturated carbocycles. The summed E-state index contributed by atoms with van der Waals surface area (Å²) in [6.07, 6.45) is 6.60. The number of carbonyl (C=O) groups is 2. The first-order valence-electron chi connectivity index (χ1n) is 8.75. The monoisotopic (exact) mass is 371 g/mol. The average molecular weight is 372 g/mol. The molecule has 0 fully saturated rings. The molecule has 0 unspecified atom stereocenters. The number of rotatable bonds is 9. The Bertz CT molecular complexity index is 753. The van der Waals surface area contributed by atoms with Crippen molar-refractivity contribution in [2.24, 2.45) is 0 Å². The zero-order valence-electron chi connectivity index (χ0n) is 15.3. The predicted octanol–water partition coefficient (Wildman–Crippen LogP) is 4.06. The first-order chi connectivity index (χ1) is 12.5. The Hall–Kier alpha value is -2.47. The van der Waals surface area contributed by atoms with Crippen LogP contribution in [0.2, 0.25) is 0 Å². The number of aryl methyl sites for hydroxylation is 2. The van der Waals surface area contributed by atoms with Gasteiger partial charge >= 0.3 is 0 Å². The Balaban J connectivity index is 2.01. The van der Waals surface area contributed by atoms with Crippen molar-refractivity contribution in [3.8, 4) is 0 Å². The quantitative estimate of drug-likeness (QED) is 0.676. The highest BCUT2D eigenvalue weighted by Gasteiger charge is 2.18. The summed E-state index contributed by atoms with van der Waals surface area (Å²) in [5.41, 5.74) is 1.79. The third kappa shape index (κ3) is 5.81. The van der Waals surface area contributed by atoms with Gasteiger partial charge < -0.3 is 10.2 Å². The summed E-state index contributed by atoms with van der Waals surface area (Å²) in [5.74, 6) is -0.452. The minimum absolute atomic E-state index is 0.0406. The van der Waals surface area contributed by atoms with E-state index in [9.17, 15) is 9.59 Å². The number of carbonyl (C=O) groups excluding carboxylic acids is 2. The van der Waals surface area contributed by atoms with E-state index in [1.54, 1.807) is 12.3 Å². The molecule has 5 nitrogen and oxygen atoms in total. The van der Waals surface area contributed by atoms with Crippen LogP contribution in [0.25, 0.3) is 0 Å². The van der Waals surface area contributed by atoms with E-state index in [1.807, 2.05) is 31.2 Å². The number of nitrogens with one attached hydrogen (secondary N) is 1. The Labute approximate surface area is 158 Å². The minimum Gasteiger partial charge on any atom is -0.326 e. The topological polar surface area (TPSA) is 62.3 Å². The summed E-state index contributed by atoms with van der Waals surface area (Å²) in [6, 6.07) is 7.61. The largest absolute Gasteiger partial charge is 0.326 e. The molecule has 0 aliphatic heterocycles. The van der Waals surface area contributed by atoms with Gasteiger partial charge in [0.1, 0.15) is 6.54 Å². The fourth-order valence-corrected chi connectivity index (χ4v) is 3.18. The van der Waals surface area contributed by atoms with Gasteiger partial charge in [-0.3, -0.25) is 9.59 Å². The lowest BCUT2D eigenvalue weighted by atomic mass is 10.1. The Morgan fingerprint density at radius 3 is 2.62 bits per heavy atom. The lowest BCUT2D eigenvalue weighted by Crippen LogP contribution is -2.38. The summed E-state index contributed by atoms with van der Waals surface area (Å²) in [6.45, 7) is 8.03. The van der Waals surface area contributed by atoms with Crippen molar-refractivity contribution in [2.45, 2.75) is 33.1 Å². The van der Waals surface area contributed by atoms with Gasteiger partial charge in [-0.05, 0) is 37.5 Å². The molecule has 6 heteroatoms. The number of anilines is 1. The van der Waals surface area contributed by atoms with Gasteiger partial charge in [0.15, 0.2) is 5.13 Å². The van der Waals surface area contributed by atoms with E-state index >= 15 is 0 Å². The fraction of sp³-hybridized carbons (Fsp3) is 0.350. The number of thiazole rings is 1. The molecular weight excluding hydrogens is 346 g/mol. The standard InChI is InChI=1S/C20H25N3O2S/c1-4-6-7-16-8-10-17(11-9-16)19(25)23(12-5-2)14-18(24)22-20-21-13-15(3)26-20/h5,8-11,13H,2,4,6-7,12,14H2,1,3H3,(H,21,22,24). The van der Waals surface area contributed by atoms with Crippen molar-refractivity contribution >= 4 is 28.3 Å². The first-order valence-corrected chi connectivity index (χ1v) is 9.56. The zero-order valence-corrected chi connectivity index (χ0v) is 16.1. The molecule has 1 aromatic carbocycles. The van der Waals surface area contributed by atoms with Crippen LogP contribution in [-0.4, -0.2) is 34.8 Å². The van der Waals surface area contributed by atoms with Gasteiger partial charge in [-0.1, -0.05) is 31.6 Å². The highest BCUT2D eigenvalue weighted by atomic mass is 32.1. The van der Waals surface area contributed by atoms with E-state index in [0.717, 1.165) is 24.1 Å². The van der Waals surface area contributed by atoms with Crippen molar-refractivity contribution in [2.75, 3.05) is 18.4 Å². The molecule has 0 radical (unpaired) electrons. The van der Waals surface area contributed by atoms with E-state index < -0.39 is 0 Å². The number of benzene rings is 1. The van der Waals surface area contributed by atoms with E-state index in [0.29, 0.717) is 17.2 Å². The van der Waals surface area contributed by atoms with E-state index in [4.69, 9.17) is 0 Å². The summed E-state index contributed by atoms with van der Waals surface area (Å²) in [7, 11) is 0. The maximum atomic E-state index is 12.7. The molecule has 0 atom stereocenters. The molecule has 2 aromatic rings. The predicted molar refractivity (Wildman–Crippen MR) is 107 cm³/mol. The Kier molecular flexibility index (Phi) is 7.53. The average Bonchev–Trinajstić information content (AvgIpc) is 3.04. The van der Waals surface area contributed by atoms with Crippen molar-refractivity contribution in [3.05, 3.63) is 59.1 Å². The van der Waals surface area contributed by atoms with Crippen LogP contribution in [-0.2, 0) is 11.2 Å². The van der Waals surface area contributed by atoms with Crippen LogP contribution in [0.3, 0.4) is 0 Å². The van der Waals surface area contributed by atoms with Crippen LogP contribution < -0.4 is 5.32 Å². The lowest BCUT2D eigenvalue weighted by molar-refractivity contribution is -0.116. The van der Waals surface area contributed by atoms with Gasteiger partial charge in [-0.15, -0.1) is 17.9 Å². The molecule has 1 N–H and O–H groups in total. The second-order valence-electron chi connectivity index (χ2n) is 6.10. The maximum Gasteiger partial charge on any atom is 0.254 e. The minimum atomic E-state index is -0.269. The third-order valence-corrected chi connectivity index (χ3v) is 4.69. The van der Waals surface area contributed by atoms with Crippen molar-refractivity contribution in [3.63, 3.8) is 0 Å². The van der Waals surface area contributed by atoms with Crippen LogP contribution in [0.4, 0.5) is 5.13 Å². The second kappa shape index (κ2) is 9.87. The maximum absolute atomic E-state index is 12.7. The molecule has 0 spiro atoms. The van der Waals surface area contributed by atoms with Crippen molar-refractivity contribution < 1.29 is 9.59 Å². The van der Waals surface area contributed by atoms with E-state index in [2.05, 4.69) is 23.8 Å². The first kappa shape index (κ1) is 19.8. The highest BCUT2D eigenvalue weighted by Crippen LogP contribution is 2.16. The fourth-order valence-electron chi connectivity index (χ4n) is 2.50. The number of hydrogen-bond acceptors (Lipinski definition) is 4. The smallest absolute Gasteiger partial charge is 0.254 e. The van der Waals surface area contributed by atoms with Gasteiger partial charge in [-0.25, -0.2) is 4.98 Å². The second-order valence-corrected chi connectivity index (χ2v) is 7.33. The summed E-state index contributed by atoms with van der Waals surface area (Å²) in [5, 5.41) is 3.27. The lowest BCUT2D eigenvalue weighted by Gasteiger charge is -2.20. The summed E-state index contributed by atoms with van der Waals surface area (Å²) in [4.78, 5) is 31.6. The molecule has 2 rings (SSSR count). The van der Waals surface area contributed by atoms with Gasteiger partial charge in [0.25, 0.3) is 5.91 Å². The van der Waals surface area contributed by atoms with Gasteiger partial charge in [0, 0.05) is 23.2 Å². The number of amides is 2. The molecule has 138 valence electrons. The normalized spacial score (nSPS) is 10.4. The summed E-state index contributed by atoms with van der Waals surface area (Å²) >= 11 is 1.40. The van der Waals surface area contributed by atoms with Crippen LogP contribution in [0.1, 0.15) is 40.6 Å². The van der Waals surface area contributed by atoms with Crippen LogP contribution >= 0.6 is 11.3 Å². The van der Waals surface area contributed by atoms with Crippen LogP contribution in [0.5, 0.6) is 0 Å². The molecular formula is C20H25N3O2S. The molecule has 1 heterocycles. The van der Waals surface area contributed by atoms with Crippen molar-refractivity contribution in [1.82, 2.24) is 9.88 Å².